The average Bonchev–Trinajstić information content (AvgIpc) is 2.60. The third kappa shape index (κ3) is 5.95. The van der Waals surface area contributed by atoms with Crippen LogP contribution in [-0.2, 0) is 4.79 Å². The van der Waals surface area contributed by atoms with Crippen LogP contribution in [0.25, 0.3) is 0 Å². The fraction of sp³-hybridized carbons (Fsp3) is 0.300. The summed E-state index contributed by atoms with van der Waals surface area (Å²) in [6.07, 6.45) is 0.876. The largest absolute Gasteiger partial charge is 0.484 e. The number of ether oxygens (including phenoxy) is 1. The lowest BCUT2D eigenvalue weighted by atomic mass is 10.1. The van der Waals surface area contributed by atoms with Crippen LogP contribution in [0.2, 0.25) is 0 Å². The highest BCUT2D eigenvalue weighted by atomic mass is 16.5. The van der Waals surface area contributed by atoms with E-state index in [2.05, 4.69) is 10.6 Å². The summed E-state index contributed by atoms with van der Waals surface area (Å²) in [5.74, 6) is 0.292. The van der Waals surface area contributed by atoms with Gasteiger partial charge in [0.2, 0.25) is 0 Å². The molecule has 0 heterocycles. The predicted molar refractivity (Wildman–Crippen MR) is 99.0 cm³/mol. The number of hydrogen-bond acceptors (Lipinski definition) is 3. The van der Waals surface area contributed by atoms with Crippen molar-refractivity contribution in [3.63, 3.8) is 0 Å². The van der Waals surface area contributed by atoms with Crippen molar-refractivity contribution < 1.29 is 14.3 Å². The first-order valence-electron chi connectivity index (χ1n) is 8.38. The van der Waals surface area contributed by atoms with Gasteiger partial charge < -0.3 is 15.4 Å². The number of carbonyl (C=O) groups excluding carboxylic acids is 2. The molecule has 0 aliphatic heterocycles. The number of amides is 2. The van der Waals surface area contributed by atoms with Crippen molar-refractivity contribution in [2.75, 3.05) is 11.9 Å². The number of carbonyl (C=O) groups is 2. The van der Waals surface area contributed by atoms with Crippen LogP contribution in [0.15, 0.2) is 48.5 Å². The van der Waals surface area contributed by atoms with Crippen molar-refractivity contribution in [2.24, 2.45) is 0 Å². The summed E-state index contributed by atoms with van der Waals surface area (Å²) in [5.41, 5.74) is 2.26. The van der Waals surface area contributed by atoms with Gasteiger partial charge in [0.05, 0.1) is 0 Å². The molecular weight excluding hydrogens is 316 g/mol. The van der Waals surface area contributed by atoms with Gasteiger partial charge >= 0.3 is 0 Å². The number of hydrogen-bond donors (Lipinski definition) is 2. The molecule has 2 aromatic carbocycles. The second kappa shape index (κ2) is 8.87. The Hall–Kier alpha value is -2.82. The highest BCUT2D eigenvalue weighted by Crippen LogP contribution is 2.13. The van der Waals surface area contributed by atoms with Gasteiger partial charge in [0.25, 0.3) is 11.8 Å². The van der Waals surface area contributed by atoms with Crippen molar-refractivity contribution >= 4 is 17.5 Å². The summed E-state index contributed by atoms with van der Waals surface area (Å²) in [6, 6.07) is 14.4. The van der Waals surface area contributed by atoms with Gasteiger partial charge in [-0.3, -0.25) is 9.59 Å². The summed E-state index contributed by atoms with van der Waals surface area (Å²) >= 11 is 0. The molecule has 0 spiro atoms. The Bertz CT molecular complexity index is 726. The summed E-state index contributed by atoms with van der Waals surface area (Å²) in [5, 5.41) is 5.65. The molecular formula is C20H24N2O3. The first-order valence-corrected chi connectivity index (χ1v) is 8.38. The van der Waals surface area contributed by atoms with Crippen molar-refractivity contribution in [3.8, 4) is 5.75 Å². The Morgan fingerprint density at radius 2 is 1.84 bits per heavy atom. The maximum atomic E-state index is 12.0. The molecule has 5 heteroatoms. The van der Waals surface area contributed by atoms with E-state index < -0.39 is 0 Å². The highest BCUT2D eigenvalue weighted by molar-refractivity contribution is 5.96. The first-order chi connectivity index (χ1) is 12.0. The molecule has 5 nitrogen and oxygen atoms in total. The Kier molecular flexibility index (Phi) is 6.57. The highest BCUT2D eigenvalue weighted by Gasteiger charge is 2.09. The first kappa shape index (κ1) is 18.5. The molecule has 0 aromatic heterocycles. The monoisotopic (exact) mass is 340 g/mol. The van der Waals surface area contributed by atoms with Gasteiger partial charge in [-0.1, -0.05) is 19.1 Å². The smallest absolute Gasteiger partial charge is 0.262 e. The van der Waals surface area contributed by atoms with E-state index in [0.29, 0.717) is 17.0 Å². The summed E-state index contributed by atoms with van der Waals surface area (Å²) in [4.78, 5) is 24.0. The van der Waals surface area contributed by atoms with Gasteiger partial charge in [-0.2, -0.15) is 0 Å². The fourth-order valence-corrected chi connectivity index (χ4v) is 2.17. The van der Waals surface area contributed by atoms with E-state index in [1.54, 1.807) is 24.3 Å². The lowest BCUT2D eigenvalue weighted by Crippen LogP contribution is -2.31. The van der Waals surface area contributed by atoms with Gasteiger partial charge in [-0.25, -0.2) is 0 Å². The van der Waals surface area contributed by atoms with E-state index in [0.717, 1.165) is 12.0 Å². The zero-order chi connectivity index (χ0) is 18.2. The second-order valence-electron chi connectivity index (χ2n) is 6.01. The third-order valence-electron chi connectivity index (χ3n) is 3.78. The Morgan fingerprint density at radius 3 is 2.48 bits per heavy atom. The molecule has 0 aliphatic carbocycles. The van der Waals surface area contributed by atoms with Crippen molar-refractivity contribution in [1.82, 2.24) is 5.32 Å². The molecule has 0 aliphatic rings. The van der Waals surface area contributed by atoms with E-state index >= 15 is 0 Å². The Balaban J connectivity index is 1.85. The molecule has 2 aromatic rings. The molecule has 25 heavy (non-hydrogen) atoms. The van der Waals surface area contributed by atoms with Crippen LogP contribution in [0.1, 0.15) is 36.2 Å². The normalized spacial score (nSPS) is 11.5. The lowest BCUT2D eigenvalue weighted by Gasteiger charge is -2.12. The van der Waals surface area contributed by atoms with E-state index in [-0.39, 0.29) is 24.5 Å². The topological polar surface area (TPSA) is 67.4 Å². The minimum Gasteiger partial charge on any atom is -0.484 e. The number of rotatable bonds is 7. The van der Waals surface area contributed by atoms with E-state index in [9.17, 15) is 9.59 Å². The van der Waals surface area contributed by atoms with Crippen LogP contribution in [0.4, 0.5) is 5.69 Å². The van der Waals surface area contributed by atoms with Crippen LogP contribution < -0.4 is 15.4 Å². The van der Waals surface area contributed by atoms with E-state index in [1.165, 1.54) is 0 Å². The van der Waals surface area contributed by atoms with Gasteiger partial charge in [-0.05, 0) is 62.2 Å². The zero-order valence-corrected chi connectivity index (χ0v) is 14.8. The number of benzene rings is 2. The number of aryl methyl sites for hydroxylation is 1. The molecule has 2 rings (SSSR count). The van der Waals surface area contributed by atoms with Crippen LogP contribution in [0.3, 0.4) is 0 Å². The molecule has 0 radical (unpaired) electrons. The summed E-state index contributed by atoms with van der Waals surface area (Å²) < 4.78 is 5.46. The van der Waals surface area contributed by atoms with Gasteiger partial charge in [0, 0.05) is 17.3 Å². The molecule has 2 N–H and O–H groups in total. The predicted octanol–water partition coefficient (Wildman–Crippen LogP) is 3.54. The molecule has 1 unspecified atom stereocenters. The number of anilines is 1. The molecule has 0 fully saturated rings. The lowest BCUT2D eigenvalue weighted by molar-refractivity contribution is -0.118. The quantitative estimate of drug-likeness (QED) is 0.810. The minimum absolute atomic E-state index is 0.0697. The van der Waals surface area contributed by atoms with Crippen LogP contribution in [-0.4, -0.2) is 24.5 Å². The summed E-state index contributed by atoms with van der Waals surface area (Å²) in [6.45, 7) is 5.87. The molecule has 2 amide bonds. The zero-order valence-electron chi connectivity index (χ0n) is 14.8. The molecule has 0 saturated carbocycles. The molecule has 0 bridgehead atoms. The third-order valence-corrected chi connectivity index (χ3v) is 3.78. The van der Waals surface area contributed by atoms with Crippen molar-refractivity contribution in [1.29, 1.82) is 0 Å². The Morgan fingerprint density at radius 1 is 1.12 bits per heavy atom. The van der Waals surface area contributed by atoms with Gasteiger partial charge in [-0.15, -0.1) is 0 Å². The van der Waals surface area contributed by atoms with Gasteiger partial charge in [0.1, 0.15) is 5.75 Å². The van der Waals surface area contributed by atoms with Crippen LogP contribution in [0.5, 0.6) is 5.75 Å². The SMILES string of the molecule is CCC(C)NC(=O)c1ccc(NC(=O)COc2cccc(C)c2)cc1. The molecule has 0 saturated heterocycles. The van der Waals surface area contributed by atoms with E-state index in [1.807, 2.05) is 45.0 Å². The van der Waals surface area contributed by atoms with Gasteiger partial charge in [0.15, 0.2) is 6.61 Å². The van der Waals surface area contributed by atoms with Crippen molar-refractivity contribution in [3.05, 3.63) is 59.7 Å². The molecule has 132 valence electrons. The maximum absolute atomic E-state index is 12.0. The fourth-order valence-electron chi connectivity index (χ4n) is 2.17. The van der Waals surface area contributed by atoms with Crippen LogP contribution in [0, 0.1) is 6.92 Å². The average molecular weight is 340 g/mol. The van der Waals surface area contributed by atoms with Crippen molar-refractivity contribution in [2.45, 2.75) is 33.2 Å². The van der Waals surface area contributed by atoms with E-state index in [4.69, 9.17) is 4.74 Å². The standard InChI is InChI=1S/C20H24N2O3/c1-4-15(3)21-20(24)16-8-10-17(11-9-16)22-19(23)13-25-18-7-5-6-14(2)12-18/h5-12,15H,4,13H2,1-3H3,(H,21,24)(H,22,23). The second-order valence-corrected chi connectivity index (χ2v) is 6.01. The number of nitrogens with one attached hydrogen (secondary N) is 2. The minimum atomic E-state index is -0.252. The Labute approximate surface area is 148 Å². The van der Waals surface area contributed by atoms with Crippen LogP contribution >= 0.6 is 0 Å². The molecule has 1 atom stereocenters. The summed E-state index contributed by atoms with van der Waals surface area (Å²) in [7, 11) is 0. The maximum Gasteiger partial charge on any atom is 0.262 e.